The number of carbonyl (C=O) groups excluding carboxylic acids is 1. The van der Waals surface area contributed by atoms with Gasteiger partial charge in [0.25, 0.3) is 0 Å². The average Bonchev–Trinajstić information content (AvgIpc) is 2.70. The van der Waals surface area contributed by atoms with Gasteiger partial charge >= 0.3 is 0 Å². The summed E-state index contributed by atoms with van der Waals surface area (Å²) in [7, 11) is 0. The molecule has 7 heteroatoms. The largest absolute Gasteiger partial charge is 0.366 e. The van der Waals surface area contributed by atoms with Crippen molar-refractivity contribution in [2.75, 3.05) is 11.9 Å². The quantitative estimate of drug-likeness (QED) is 0.875. The fraction of sp³-hybridized carbons (Fsp3) is 0.538. The summed E-state index contributed by atoms with van der Waals surface area (Å²) in [5.41, 5.74) is 0.459. The first-order valence-electron chi connectivity index (χ1n) is 6.58. The van der Waals surface area contributed by atoms with Crippen LogP contribution in [0.25, 0.3) is 5.65 Å². The van der Waals surface area contributed by atoms with E-state index in [1.54, 1.807) is 6.20 Å². The van der Waals surface area contributed by atoms with Gasteiger partial charge in [-0.2, -0.15) is 0 Å². The van der Waals surface area contributed by atoms with E-state index in [2.05, 4.69) is 25.8 Å². The molecule has 0 radical (unpaired) electrons. The monoisotopic (exact) mass is 276 g/mol. The number of nitrogens with zero attached hydrogens (tertiary/aromatic N) is 4. The Labute approximate surface area is 117 Å². The standard InChI is InChI=1S/C13H20N6O/c1-9-17-18-12-11(15-7-8-19(9)12)14-6-5-10(20)16-13(2,3)4/h7-8H,5-6H2,1-4H3,(H,14,15)(H,16,20). The lowest BCUT2D eigenvalue weighted by Crippen LogP contribution is -2.41. The Morgan fingerprint density at radius 1 is 1.35 bits per heavy atom. The second-order valence-electron chi connectivity index (χ2n) is 5.69. The average molecular weight is 276 g/mol. The topological polar surface area (TPSA) is 84.2 Å². The first kappa shape index (κ1) is 14.2. The number of fused-ring (bicyclic) bond motifs is 1. The zero-order chi connectivity index (χ0) is 14.8. The lowest BCUT2D eigenvalue weighted by Gasteiger charge is -2.20. The minimum Gasteiger partial charge on any atom is -0.366 e. The van der Waals surface area contributed by atoms with E-state index in [9.17, 15) is 4.79 Å². The summed E-state index contributed by atoms with van der Waals surface area (Å²) < 4.78 is 1.85. The van der Waals surface area contributed by atoms with Gasteiger partial charge in [0.05, 0.1) is 0 Å². The summed E-state index contributed by atoms with van der Waals surface area (Å²) in [6, 6.07) is 0. The van der Waals surface area contributed by atoms with Crippen LogP contribution in [0, 0.1) is 6.92 Å². The highest BCUT2D eigenvalue weighted by atomic mass is 16.1. The molecule has 0 unspecified atom stereocenters. The Kier molecular flexibility index (Phi) is 3.87. The minimum atomic E-state index is -0.209. The second kappa shape index (κ2) is 5.44. The van der Waals surface area contributed by atoms with Crippen LogP contribution in [0.15, 0.2) is 12.4 Å². The van der Waals surface area contributed by atoms with Crippen molar-refractivity contribution in [3.63, 3.8) is 0 Å². The number of nitrogens with one attached hydrogen (secondary N) is 2. The molecule has 0 saturated heterocycles. The van der Waals surface area contributed by atoms with Gasteiger partial charge in [-0.05, 0) is 27.7 Å². The van der Waals surface area contributed by atoms with E-state index in [0.29, 0.717) is 24.4 Å². The number of amides is 1. The molecule has 0 atom stereocenters. The van der Waals surface area contributed by atoms with Gasteiger partial charge in [-0.1, -0.05) is 0 Å². The molecule has 0 saturated carbocycles. The van der Waals surface area contributed by atoms with E-state index in [0.717, 1.165) is 5.82 Å². The molecule has 2 aromatic heterocycles. The molecule has 0 spiro atoms. The Morgan fingerprint density at radius 2 is 2.10 bits per heavy atom. The highest BCUT2D eigenvalue weighted by Crippen LogP contribution is 2.11. The van der Waals surface area contributed by atoms with Crippen molar-refractivity contribution in [3.8, 4) is 0 Å². The number of carbonyl (C=O) groups is 1. The number of aryl methyl sites for hydroxylation is 1. The molecule has 0 aliphatic rings. The zero-order valence-electron chi connectivity index (χ0n) is 12.3. The van der Waals surface area contributed by atoms with Gasteiger partial charge in [0.15, 0.2) is 5.82 Å². The molecule has 7 nitrogen and oxygen atoms in total. The number of hydrogen-bond donors (Lipinski definition) is 2. The summed E-state index contributed by atoms with van der Waals surface area (Å²) in [5, 5.41) is 14.1. The van der Waals surface area contributed by atoms with Gasteiger partial charge in [-0.25, -0.2) is 4.98 Å². The molecule has 1 amide bonds. The maximum Gasteiger partial charge on any atom is 0.222 e. The minimum absolute atomic E-state index is 0.00889. The van der Waals surface area contributed by atoms with E-state index in [4.69, 9.17) is 0 Å². The first-order chi connectivity index (χ1) is 9.37. The number of rotatable bonds is 4. The number of hydrogen-bond acceptors (Lipinski definition) is 5. The second-order valence-corrected chi connectivity index (χ2v) is 5.69. The van der Waals surface area contributed by atoms with Crippen molar-refractivity contribution in [1.82, 2.24) is 24.9 Å². The van der Waals surface area contributed by atoms with Crippen LogP contribution in [0.3, 0.4) is 0 Å². The molecular weight excluding hydrogens is 256 g/mol. The van der Waals surface area contributed by atoms with E-state index < -0.39 is 0 Å². The normalized spacial score (nSPS) is 11.6. The lowest BCUT2D eigenvalue weighted by molar-refractivity contribution is -0.122. The molecular formula is C13H20N6O. The molecule has 0 fully saturated rings. The van der Waals surface area contributed by atoms with Crippen LogP contribution >= 0.6 is 0 Å². The van der Waals surface area contributed by atoms with Crippen LogP contribution in [-0.4, -0.2) is 37.6 Å². The smallest absolute Gasteiger partial charge is 0.222 e. The SMILES string of the molecule is Cc1nnc2c(NCCC(=O)NC(C)(C)C)nccn12. The molecule has 0 aliphatic heterocycles. The number of aromatic nitrogens is 4. The summed E-state index contributed by atoms with van der Waals surface area (Å²) in [4.78, 5) is 15.9. The molecule has 2 aromatic rings. The summed E-state index contributed by atoms with van der Waals surface area (Å²) in [6.07, 6.45) is 3.87. The molecule has 0 aliphatic carbocycles. The van der Waals surface area contributed by atoms with Crippen LogP contribution in [0.1, 0.15) is 33.0 Å². The molecule has 2 N–H and O–H groups in total. The predicted octanol–water partition coefficient (Wildman–Crippen LogP) is 1.15. The molecule has 2 rings (SSSR count). The Hall–Kier alpha value is -2.18. The van der Waals surface area contributed by atoms with Crippen molar-refractivity contribution >= 4 is 17.4 Å². The van der Waals surface area contributed by atoms with Crippen molar-refractivity contribution in [2.24, 2.45) is 0 Å². The highest BCUT2D eigenvalue weighted by molar-refractivity contribution is 5.77. The van der Waals surface area contributed by atoms with Crippen molar-refractivity contribution in [2.45, 2.75) is 39.7 Å². The molecule has 0 bridgehead atoms. The van der Waals surface area contributed by atoms with Gasteiger partial charge in [0, 0.05) is 30.9 Å². The fourth-order valence-electron chi connectivity index (χ4n) is 1.84. The summed E-state index contributed by atoms with van der Waals surface area (Å²) in [5.74, 6) is 1.45. The van der Waals surface area contributed by atoms with Gasteiger partial charge < -0.3 is 10.6 Å². The number of anilines is 1. The molecule has 2 heterocycles. The zero-order valence-corrected chi connectivity index (χ0v) is 12.3. The van der Waals surface area contributed by atoms with Crippen LogP contribution < -0.4 is 10.6 Å². The van der Waals surface area contributed by atoms with Crippen LogP contribution in [0.4, 0.5) is 5.82 Å². The van der Waals surface area contributed by atoms with Crippen LogP contribution in [-0.2, 0) is 4.79 Å². The van der Waals surface area contributed by atoms with Crippen LogP contribution in [0.2, 0.25) is 0 Å². The fourth-order valence-corrected chi connectivity index (χ4v) is 1.84. The third-order valence-electron chi connectivity index (χ3n) is 2.66. The van der Waals surface area contributed by atoms with E-state index in [1.165, 1.54) is 0 Å². The van der Waals surface area contributed by atoms with Crippen molar-refractivity contribution in [3.05, 3.63) is 18.2 Å². The lowest BCUT2D eigenvalue weighted by atomic mass is 10.1. The summed E-state index contributed by atoms with van der Waals surface area (Å²) in [6.45, 7) is 8.25. The molecule has 20 heavy (non-hydrogen) atoms. The maximum atomic E-state index is 11.7. The van der Waals surface area contributed by atoms with E-state index in [1.807, 2.05) is 38.3 Å². The summed E-state index contributed by atoms with van der Waals surface area (Å²) >= 11 is 0. The van der Waals surface area contributed by atoms with Gasteiger partial charge in [-0.15, -0.1) is 10.2 Å². The molecule has 0 aromatic carbocycles. The van der Waals surface area contributed by atoms with Gasteiger partial charge in [0.2, 0.25) is 11.6 Å². The van der Waals surface area contributed by atoms with E-state index in [-0.39, 0.29) is 11.4 Å². The molecule has 108 valence electrons. The maximum absolute atomic E-state index is 11.7. The predicted molar refractivity (Wildman–Crippen MR) is 76.5 cm³/mol. The highest BCUT2D eigenvalue weighted by Gasteiger charge is 2.13. The third-order valence-corrected chi connectivity index (χ3v) is 2.66. The van der Waals surface area contributed by atoms with Crippen molar-refractivity contribution < 1.29 is 4.79 Å². The Bertz CT molecular complexity index is 613. The van der Waals surface area contributed by atoms with Gasteiger partial charge in [0.1, 0.15) is 5.82 Å². The van der Waals surface area contributed by atoms with Crippen molar-refractivity contribution in [1.29, 1.82) is 0 Å². The third kappa shape index (κ3) is 3.43. The Morgan fingerprint density at radius 3 is 2.80 bits per heavy atom. The first-order valence-corrected chi connectivity index (χ1v) is 6.58. The van der Waals surface area contributed by atoms with E-state index >= 15 is 0 Å². The Balaban J connectivity index is 1.95. The van der Waals surface area contributed by atoms with Gasteiger partial charge in [-0.3, -0.25) is 9.20 Å². The van der Waals surface area contributed by atoms with Crippen LogP contribution in [0.5, 0.6) is 0 Å².